The van der Waals surface area contributed by atoms with Crippen LogP contribution in [0.25, 0.3) is 0 Å². The Balaban J connectivity index is 2.36. The third kappa shape index (κ3) is 1.62. The number of epoxide rings is 1. The van der Waals surface area contributed by atoms with Gasteiger partial charge in [-0.15, -0.1) is 9.24 Å². The Hall–Kier alpha value is -0.440. The summed E-state index contributed by atoms with van der Waals surface area (Å²) in [6.07, 6.45) is 0. The maximum Gasteiger partial charge on any atom is 0.208 e. The van der Waals surface area contributed by atoms with Crippen LogP contribution in [-0.4, -0.2) is 19.7 Å². The van der Waals surface area contributed by atoms with Crippen LogP contribution >= 0.6 is 9.24 Å². The van der Waals surface area contributed by atoms with Gasteiger partial charge in [-0.05, 0) is 12.1 Å². The van der Waals surface area contributed by atoms with Gasteiger partial charge in [-0.3, -0.25) is 0 Å². The van der Waals surface area contributed by atoms with Crippen molar-refractivity contribution in [2.75, 3.05) is 0 Å². The monoisotopic (exact) mass is 216 g/mol. The van der Waals surface area contributed by atoms with Crippen LogP contribution in [0, 0.1) is 0 Å². The molecule has 1 unspecified atom stereocenters. The highest BCUT2D eigenvalue weighted by atomic mass is 32.2. The molecule has 0 radical (unpaired) electrons. The maximum absolute atomic E-state index is 11.7. The molecule has 0 spiro atoms. The van der Waals surface area contributed by atoms with Gasteiger partial charge in [0.2, 0.25) is 9.84 Å². The van der Waals surface area contributed by atoms with Crippen LogP contribution in [0.2, 0.25) is 0 Å². The summed E-state index contributed by atoms with van der Waals surface area (Å²) >= 11 is 0. The van der Waals surface area contributed by atoms with Crippen LogP contribution in [-0.2, 0) is 14.6 Å². The Bertz CT molecular complexity index is 401. The van der Waals surface area contributed by atoms with E-state index >= 15 is 0 Å². The van der Waals surface area contributed by atoms with Gasteiger partial charge in [0.1, 0.15) is 5.85 Å². The Morgan fingerprint density at radius 2 is 1.77 bits per heavy atom. The van der Waals surface area contributed by atoms with E-state index in [0.717, 1.165) is 0 Å². The number of sulfone groups is 1. The van der Waals surface area contributed by atoms with Gasteiger partial charge in [0.25, 0.3) is 0 Å². The largest absolute Gasteiger partial charge is 0.348 e. The molecule has 2 rings (SSSR count). The standard InChI is InChI=1S/C8H9O3PS/c9-13(10,8-7(12)11-8)6-4-2-1-3-5-6/h1-5,7-8H,12H2/t7-,8-/m1/s1. The van der Waals surface area contributed by atoms with E-state index in [1.165, 1.54) is 0 Å². The van der Waals surface area contributed by atoms with E-state index in [4.69, 9.17) is 4.74 Å². The van der Waals surface area contributed by atoms with E-state index in [-0.39, 0.29) is 5.85 Å². The first-order valence-electron chi connectivity index (χ1n) is 3.82. The van der Waals surface area contributed by atoms with Crippen molar-refractivity contribution in [1.29, 1.82) is 0 Å². The van der Waals surface area contributed by atoms with Gasteiger partial charge in [0.05, 0.1) is 4.90 Å². The fourth-order valence-corrected chi connectivity index (χ4v) is 3.44. The number of hydrogen-bond donors (Lipinski definition) is 0. The second-order valence-electron chi connectivity index (χ2n) is 2.83. The molecule has 3 nitrogen and oxygen atoms in total. The van der Waals surface area contributed by atoms with E-state index in [9.17, 15) is 8.42 Å². The zero-order chi connectivity index (χ0) is 9.47. The summed E-state index contributed by atoms with van der Waals surface area (Å²) in [4.78, 5) is 0.324. The lowest BCUT2D eigenvalue weighted by Crippen LogP contribution is -2.09. The summed E-state index contributed by atoms with van der Waals surface area (Å²) < 4.78 is 28.2. The number of hydrogen-bond acceptors (Lipinski definition) is 3. The first-order valence-corrected chi connectivity index (χ1v) is 6.03. The number of rotatable bonds is 2. The molecular formula is C8H9O3PS. The predicted octanol–water partition coefficient (Wildman–Crippen LogP) is 1.02. The molecule has 0 aromatic heterocycles. The summed E-state index contributed by atoms with van der Waals surface area (Å²) in [5, 5.41) is 0. The Morgan fingerprint density at radius 3 is 2.23 bits per heavy atom. The molecule has 5 heteroatoms. The molecule has 0 N–H and O–H groups in total. The summed E-state index contributed by atoms with van der Waals surface area (Å²) in [5.74, 6) is -0.245. The Kier molecular flexibility index (Phi) is 2.14. The first-order chi connectivity index (χ1) is 6.12. The van der Waals surface area contributed by atoms with Crippen LogP contribution in [0.4, 0.5) is 0 Å². The van der Waals surface area contributed by atoms with E-state index < -0.39 is 15.3 Å². The van der Waals surface area contributed by atoms with Gasteiger partial charge in [-0.1, -0.05) is 18.2 Å². The second-order valence-corrected chi connectivity index (χ2v) is 5.51. The van der Waals surface area contributed by atoms with Crippen LogP contribution < -0.4 is 0 Å². The molecule has 13 heavy (non-hydrogen) atoms. The SMILES string of the molecule is O=S(=O)(c1ccccc1)[C@H]1O[C@@H]1P. The molecule has 1 saturated heterocycles. The molecule has 1 heterocycles. The van der Waals surface area contributed by atoms with E-state index in [2.05, 4.69) is 9.24 Å². The molecule has 1 aliphatic heterocycles. The van der Waals surface area contributed by atoms with Gasteiger partial charge in [0.15, 0.2) is 5.44 Å². The van der Waals surface area contributed by atoms with Gasteiger partial charge in [-0.25, -0.2) is 8.42 Å². The number of ether oxygens (including phenoxy) is 1. The first kappa shape index (κ1) is 9.13. The minimum absolute atomic E-state index is 0.245. The van der Waals surface area contributed by atoms with Crippen molar-refractivity contribution < 1.29 is 13.2 Å². The van der Waals surface area contributed by atoms with Crippen LogP contribution in [0.3, 0.4) is 0 Å². The molecular weight excluding hydrogens is 207 g/mol. The molecule has 1 aliphatic rings. The van der Waals surface area contributed by atoms with Crippen LogP contribution in [0.1, 0.15) is 0 Å². The summed E-state index contributed by atoms with van der Waals surface area (Å²) in [6, 6.07) is 8.34. The number of benzene rings is 1. The smallest absolute Gasteiger partial charge is 0.208 e. The molecule has 0 bridgehead atoms. The topological polar surface area (TPSA) is 46.7 Å². The third-order valence-electron chi connectivity index (χ3n) is 1.86. The maximum atomic E-state index is 11.7. The lowest BCUT2D eigenvalue weighted by molar-refractivity contribution is 0.434. The van der Waals surface area contributed by atoms with Gasteiger partial charge in [-0.2, -0.15) is 0 Å². The van der Waals surface area contributed by atoms with Gasteiger partial charge >= 0.3 is 0 Å². The van der Waals surface area contributed by atoms with Gasteiger partial charge in [0, 0.05) is 0 Å². The highest BCUT2D eigenvalue weighted by Gasteiger charge is 2.46. The average molecular weight is 216 g/mol. The van der Waals surface area contributed by atoms with Crippen LogP contribution in [0.5, 0.6) is 0 Å². The lowest BCUT2D eigenvalue weighted by atomic mass is 10.4. The summed E-state index contributed by atoms with van der Waals surface area (Å²) in [5.41, 5.74) is -0.667. The lowest BCUT2D eigenvalue weighted by Gasteiger charge is -1.98. The normalized spacial score (nSPS) is 27.2. The van der Waals surface area contributed by atoms with E-state index in [0.29, 0.717) is 4.90 Å². The molecule has 1 aromatic rings. The average Bonchev–Trinajstić information content (AvgIpc) is 2.85. The van der Waals surface area contributed by atoms with Crippen molar-refractivity contribution in [1.82, 2.24) is 0 Å². The summed E-state index contributed by atoms with van der Waals surface area (Å²) in [6.45, 7) is 0. The quantitative estimate of drug-likeness (QED) is 0.547. The van der Waals surface area contributed by atoms with Crippen molar-refractivity contribution in [2.45, 2.75) is 16.2 Å². The van der Waals surface area contributed by atoms with Crippen molar-refractivity contribution in [3.05, 3.63) is 30.3 Å². The fraction of sp³-hybridized carbons (Fsp3) is 0.250. The van der Waals surface area contributed by atoms with E-state index in [1.54, 1.807) is 30.3 Å². The molecule has 0 aliphatic carbocycles. The highest BCUT2D eigenvalue weighted by Crippen LogP contribution is 2.36. The molecule has 0 saturated carbocycles. The van der Waals surface area contributed by atoms with Gasteiger partial charge < -0.3 is 4.74 Å². The molecule has 1 fully saturated rings. The zero-order valence-electron chi connectivity index (χ0n) is 6.75. The molecule has 70 valence electrons. The minimum Gasteiger partial charge on any atom is -0.348 e. The highest BCUT2D eigenvalue weighted by molar-refractivity contribution is 7.92. The predicted molar refractivity (Wildman–Crippen MR) is 52.0 cm³/mol. The Morgan fingerprint density at radius 1 is 1.23 bits per heavy atom. The van der Waals surface area contributed by atoms with Crippen molar-refractivity contribution in [2.24, 2.45) is 0 Å². The third-order valence-corrected chi connectivity index (χ3v) is 4.57. The molecule has 0 amide bonds. The molecule has 3 atom stereocenters. The van der Waals surface area contributed by atoms with Crippen molar-refractivity contribution in [3.8, 4) is 0 Å². The Labute approximate surface area is 79.2 Å². The second kappa shape index (κ2) is 3.05. The van der Waals surface area contributed by atoms with Crippen LogP contribution in [0.15, 0.2) is 35.2 Å². The summed E-state index contributed by atoms with van der Waals surface area (Å²) in [7, 11) is -0.914. The van der Waals surface area contributed by atoms with E-state index in [1.807, 2.05) is 0 Å². The van der Waals surface area contributed by atoms with Crippen molar-refractivity contribution in [3.63, 3.8) is 0 Å². The fourth-order valence-electron chi connectivity index (χ4n) is 1.10. The zero-order valence-corrected chi connectivity index (χ0v) is 8.72. The minimum atomic E-state index is -3.26. The molecule has 1 aromatic carbocycles. The van der Waals surface area contributed by atoms with Crippen molar-refractivity contribution >= 4 is 19.1 Å².